The van der Waals surface area contributed by atoms with Crippen LogP contribution in [0.25, 0.3) is 0 Å². The minimum Gasteiger partial charge on any atom is -0.482 e. The zero-order valence-electron chi connectivity index (χ0n) is 10.4. The van der Waals surface area contributed by atoms with E-state index in [4.69, 9.17) is 4.74 Å². The molecule has 0 spiro atoms. The van der Waals surface area contributed by atoms with Crippen molar-refractivity contribution in [2.75, 3.05) is 18.1 Å². The number of hydrogen-bond acceptors (Lipinski definition) is 3. The third-order valence-electron chi connectivity index (χ3n) is 2.81. The van der Waals surface area contributed by atoms with Crippen LogP contribution in [0.15, 0.2) is 22.7 Å². The number of carbonyl (C=O) groups excluding carboxylic acids is 1. The Labute approximate surface area is 115 Å². The Morgan fingerprint density at radius 2 is 2.22 bits per heavy atom. The van der Waals surface area contributed by atoms with Crippen LogP contribution in [0.5, 0.6) is 5.75 Å². The maximum Gasteiger partial charge on any atom is 0.265 e. The molecule has 1 N–H and O–H groups in total. The highest BCUT2D eigenvalue weighted by Crippen LogP contribution is 2.34. The average Bonchev–Trinajstić information content (AvgIpc) is 2.26. The molecule has 18 heavy (non-hydrogen) atoms. The van der Waals surface area contributed by atoms with E-state index in [1.807, 2.05) is 18.2 Å². The van der Waals surface area contributed by atoms with Crippen LogP contribution in [-0.2, 0) is 4.79 Å². The highest BCUT2D eigenvalue weighted by Gasteiger charge is 2.27. The average molecular weight is 314 g/mol. The molecule has 1 amide bonds. The zero-order valence-corrected chi connectivity index (χ0v) is 12.0. The maximum atomic E-state index is 11.9. The number of rotatable bonds is 3. The van der Waals surface area contributed by atoms with Crippen LogP contribution in [0.1, 0.15) is 20.3 Å². The molecule has 1 heterocycles. The van der Waals surface area contributed by atoms with Crippen molar-refractivity contribution in [3.63, 3.8) is 0 Å². The van der Waals surface area contributed by atoms with Gasteiger partial charge in [0, 0.05) is 11.0 Å². The molecule has 0 atom stereocenters. The lowest BCUT2D eigenvalue weighted by Gasteiger charge is -2.31. The quantitative estimate of drug-likeness (QED) is 0.931. The van der Waals surface area contributed by atoms with Crippen LogP contribution in [0.4, 0.5) is 5.69 Å². The predicted octanol–water partition coefficient (Wildman–Crippen LogP) is 2.34. The maximum absolute atomic E-state index is 11.9. The zero-order chi connectivity index (χ0) is 13.3. The molecule has 0 saturated heterocycles. The number of carbonyl (C=O) groups is 1. The highest BCUT2D eigenvalue weighted by atomic mass is 79.9. The Kier molecular flexibility index (Phi) is 3.64. The number of halogens is 1. The standard InChI is InChI=1S/C13H16BrNO3/c1-13(2,17)5-6-15-10-7-9(14)3-4-11(10)18-8-12(15)16/h3-4,7,17H,5-6,8H2,1-2H3. The molecule has 5 heteroatoms. The van der Waals surface area contributed by atoms with Gasteiger partial charge in [-0.2, -0.15) is 0 Å². The molecule has 1 aromatic rings. The summed E-state index contributed by atoms with van der Waals surface area (Å²) in [4.78, 5) is 13.6. The van der Waals surface area contributed by atoms with Gasteiger partial charge in [-0.05, 0) is 38.5 Å². The van der Waals surface area contributed by atoms with Gasteiger partial charge in [0.15, 0.2) is 6.61 Å². The minimum absolute atomic E-state index is 0.0560. The van der Waals surface area contributed by atoms with Crippen LogP contribution in [0.2, 0.25) is 0 Å². The van der Waals surface area contributed by atoms with Crippen molar-refractivity contribution in [3.8, 4) is 5.75 Å². The molecule has 0 bridgehead atoms. The number of ether oxygens (including phenoxy) is 1. The Balaban J connectivity index is 2.24. The summed E-state index contributed by atoms with van der Waals surface area (Å²) < 4.78 is 6.27. The number of amides is 1. The number of nitrogens with zero attached hydrogens (tertiary/aromatic N) is 1. The van der Waals surface area contributed by atoms with Crippen molar-refractivity contribution in [2.45, 2.75) is 25.9 Å². The Bertz CT molecular complexity index is 468. The van der Waals surface area contributed by atoms with Crippen molar-refractivity contribution in [3.05, 3.63) is 22.7 Å². The molecule has 0 unspecified atom stereocenters. The van der Waals surface area contributed by atoms with Crippen molar-refractivity contribution >= 4 is 27.5 Å². The van der Waals surface area contributed by atoms with Crippen LogP contribution < -0.4 is 9.64 Å². The first-order valence-corrected chi connectivity index (χ1v) is 6.61. The first-order chi connectivity index (χ1) is 8.37. The third-order valence-corrected chi connectivity index (χ3v) is 3.30. The summed E-state index contributed by atoms with van der Waals surface area (Å²) >= 11 is 3.39. The van der Waals surface area contributed by atoms with E-state index in [9.17, 15) is 9.90 Å². The molecule has 0 aliphatic carbocycles. The SMILES string of the molecule is CC(C)(O)CCN1C(=O)COc2ccc(Br)cc21. The molecule has 4 nitrogen and oxygen atoms in total. The van der Waals surface area contributed by atoms with Crippen LogP contribution >= 0.6 is 15.9 Å². The number of anilines is 1. The van der Waals surface area contributed by atoms with Gasteiger partial charge in [0.1, 0.15) is 5.75 Å². The van der Waals surface area contributed by atoms with Crippen molar-refractivity contribution in [1.82, 2.24) is 0 Å². The summed E-state index contributed by atoms with van der Waals surface area (Å²) in [5.74, 6) is 0.624. The molecule has 0 aromatic heterocycles. The van der Waals surface area contributed by atoms with Gasteiger partial charge in [0.25, 0.3) is 5.91 Å². The van der Waals surface area contributed by atoms with Gasteiger partial charge >= 0.3 is 0 Å². The summed E-state index contributed by atoms with van der Waals surface area (Å²) in [6.45, 7) is 4.01. The minimum atomic E-state index is -0.787. The van der Waals surface area contributed by atoms with E-state index in [0.29, 0.717) is 18.7 Å². The lowest BCUT2D eigenvalue weighted by atomic mass is 10.0. The van der Waals surface area contributed by atoms with Gasteiger partial charge in [-0.15, -0.1) is 0 Å². The topological polar surface area (TPSA) is 49.8 Å². The van der Waals surface area contributed by atoms with Gasteiger partial charge in [0.05, 0.1) is 11.3 Å². The molecule has 0 saturated carbocycles. The number of aliphatic hydroxyl groups is 1. The van der Waals surface area contributed by atoms with Gasteiger partial charge in [0.2, 0.25) is 0 Å². The number of benzene rings is 1. The van der Waals surface area contributed by atoms with E-state index in [2.05, 4.69) is 15.9 Å². The molecule has 98 valence electrons. The lowest BCUT2D eigenvalue weighted by molar-refractivity contribution is -0.121. The van der Waals surface area contributed by atoms with E-state index in [0.717, 1.165) is 10.2 Å². The normalized spacial score (nSPS) is 15.3. The van der Waals surface area contributed by atoms with Crippen LogP contribution in [-0.4, -0.2) is 29.8 Å². The van der Waals surface area contributed by atoms with Crippen molar-refractivity contribution in [1.29, 1.82) is 0 Å². The fourth-order valence-electron chi connectivity index (χ4n) is 1.81. The van der Waals surface area contributed by atoms with Gasteiger partial charge in [-0.3, -0.25) is 4.79 Å². The smallest absolute Gasteiger partial charge is 0.265 e. The van der Waals surface area contributed by atoms with E-state index >= 15 is 0 Å². The molecule has 1 aliphatic heterocycles. The van der Waals surface area contributed by atoms with Crippen molar-refractivity contribution in [2.24, 2.45) is 0 Å². The fraction of sp³-hybridized carbons (Fsp3) is 0.462. The molecule has 1 aromatic carbocycles. The largest absolute Gasteiger partial charge is 0.482 e. The molecular formula is C13H16BrNO3. The van der Waals surface area contributed by atoms with Crippen LogP contribution in [0, 0.1) is 0 Å². The Morgan fingerprint density at radius 3 is 2.89 bits per heavy atom. The molecule has 1 aliphatic rings. The molecule has 2 rings (SSSR count). The first kappa shape index (κ1) is 13.4. The fourth-order valence-corrected chi connectivity index (χ4v) is 2.15. The number of hydrogen-bond donors (Lipinski definition) is 1. The van der Waals surface area contributed by atoms with E-state index in [1.54, 1.807) is 18.7 Å². The Hall–Kier alpha value is -1.07. The van der Waals surface area contributed by atoms with Gasteiger partial charge < -0.3 is 14.7 Å². The monoisotopic (exact) mass is 313 g/mol. The second-order valence-corrected chi connectivity index (χ2v) is 5.92. The summed E-state index contributed by atoms with van der Waals surface area (Å²) in [6, 6.07) is 5.57. The predicted molar refractivity (Wildman–Crippen MR) is 72.9 cm³/mol. The Morgan fingerprint density at radius 1 is 1.50 bits per heavy atom. The van der Waals surface area contributed by atoms with Crippen LogP contribution in [0.3, 0.4) is 0 Å². The van der Waals surface area contributed by atoms with Crippen molar-refractivity contribution < 1.29 is 14.6 Å². The second kappa shape index (κ2) is 4.90. The summed E-state index contributed by atoms with van der Waals surface area (Å²) in [7, 11) is 0. The summed E-state index contributed by atoms with van der Waals surface area (Å²) in [5.41, 5.74) is -0.0324. The van der Waals surface area contributed by atoms with E-state index in [-0.39, 0.29) is 12.5 Å². The number of fused-ring (bicyclic) bond motifs is 1. The molecule has 0 fully saturated rings. The molecule has 0 radical (unpaired) electrons. The summed E-state index contributed by atoms with van der Waals surface area (Å²) in [5, 5.41) is 9.76. The van der Waals surface area contributed by atoms with Gasteiger partial charge in [-0.1, -0.05) is 15.9 Å². The second-order valence-electron chi connectivity index (χ2n) is 5.01. The van der Waals surface area contributed by atoms with E-state index in [1.165, 1.54) is 0 Å². The highest BCUT2D eigenvalue weighted by molar-refractivity contribution is 9.10. The summed E-state index contributed by atoms with van der Waals surface area (Å²) in [6.07, 6.45) is 0.519. The van der Waals surface area contributed by atoms with Gasteiger partial charge in [-0.25, -0.2) is 0 Å². The first-order valence-electron chi connectivity index (χ1n) is 5.82. The third kappa shape index (κ3) is 3.03. The lowest BCUT2D eigenvalue weighted by Crippen LogP contribution is -2.41. The van der Waals surface area contributed by atoms with E-state index < -0.39 is 5.60 Å². The molecular weight excluding hydrogens is 298 g/mol.